The molecule has 1 amide bonds. The van der Waals surface area contributed by atoms with E-state index in [2.05, 4.69) is 4.74 Å². The predicted molar refractivity (Wildman–Crippen MR) is 54.1 cm³/mol. The molecule has 0 N–H and O–H groups in total. The van der Waals surface area contributed by atoms with Crippen LogP contribution in [0.5, 0.6) is 0 Å². The van der Waals surface area contributed by atoms with Crippen LogP contribution in [0, 0.1) is 5.92 Å². The summed E-state index contributed by atoms with van der Waals surface area (Å²) in [6.45, 7) is 0.135. The summed E-state index contributed by atoms with van der Waals surface area (Å²) >= 11 is 0. The van der Waals surface area contributed by atoms with Gasteiger partial charge in [0, 0.05) is 12.5 Å². The van der Waals surface area contributed by atoms with Gasteiger partial charge < -0.3 is 9.64 Å². The molecule has 2 unspecified atom stereocenters. The average molecular weight is 211 g/mol. The minimum absolute atomic E-state index is 0.123. The first-order valence-corrected chi connectivity index (χ1v) is 5.58. The first-order valence-electron chi connectivity index (χ1n) is 5.58. The van der Waals surface area contributed by atoms with Crippen LogP contribution >= 0.6 is 0 Å². The quantitative estimate of drug-likeness (QED) is 0.639. The Bertz CT molecular complexity index is 277. The van der Waals surface area contributed by atoms with Crippen molar-refractivity contribution in [2.24, 2.45) is 5.92 Å². The van der Waals surface area contributed by atoms with Gasteiger partial charge in [0.05, 0.1) is 7.11 Å². The van der Waals surface area contributed by atoms with Crippen LogP contribution in [-0.2, 0) is 14.3 Å². The zero-order chi connectivity index (χ0) is 10.8. The van der Waals surface area contributed by atoms with E-state index < -0.39 is 0 Å². The number of rotatable bonds is 2. The Morgan fingerprint density at radius 2 is 2.20 bits per heavy atom. The summed E-state index contributed by atoms with van der Waals surface area (Å²) in [6, 6.07) is 0.297. The Morgan fingerprint density at radius 1 is 1.47 bits per heavy atom. The van der Waals surface area contributed by atoms with Crippen LogP contribution in [0.4, 0.5) is 0 Å². The highest BCUT2D eigenvalue weighted by Crippen LogP contribution is 2.36. The lowest BCUT2D eigenvalue weighted by atomic mass is 9.85. The van der Waals surface area contributed by atoms with Crippen LogP contribution in [0.3, 0.4) is 0 Å². The van der Waals surface area contributed by atoms with Gasteiger partial charge in [0.1, 0.15) is 6.54 Å². The molecule has 1 aliphatic carbocycles. The lowest BCUT2D eigenvalue weighted by molar-refractivity contribution is -0.146. The van der Waals surface area contributed by atoms with Crippen molar-refractivity contribution in [2.75, 3.05) is 13.7 Å². The smallest absolute Gasteiger partial charge is 0.325 e. The van der Waals surface area contributed by atoms with Gasteiger partial charge in [-0.3, -0.25) is 9.59 Å². The summed E-state index contributed by atoms with van der Waals surface area (Å²) in [6.07, 6.45) is 5.20. The molecule has 0 aromatic carbocycles. The first-order chi connectivity index (χ1) is 7.22. The van der Waals surface area contributed by atoms with E-state index in [0.29, 0.717) is 18.4 Å². The highest BCUT2D eigenvalue weighted by Gasteiger charge is 2.41. The second kappa shape index (κ2) is 4.21. The van der Waals surface area contributed by atoms with Crippen LogP contribution < -0.4 is 0 Å². The SMILES string of the molecule is COC(=O)CN1C(=O)CC2CCCCC21. The van der Waals surface area contributed by atoms with Crippen molar-refractivity contribution in [1.82, 2.24) is 4.90 Å². The fraction of sp³-hybridized carbons (Fsp3) is 0.818. The van der Waals surface area contributed by atoms with Crippen molar-refractivity contribution in [3.63, 3.8) is 0 Å². The Hall–Kier alpha value is -1.06. The average Bonchev–Trinajstić information content (AvgIpc) is 2.55. The zero-order valence-electron chi connectivity index (χ0n) is 9.07. The van der Waals surface area contributed by atoms with Crippen molar-refractivity contribution in [3.05, 3.63) is 0 Å². The van der Waals surface area contributed by atoms with Crippen LogP contribution in [-0.4, -0.2) is 36.5 Å². The normalized spacial score (nSPS) is 30.2. The summed E-state index contributed by atoms with van der Waals surface area (Å²) in [5.41, 5.74) is 0. The van der Waals surface area contributed by atoms with Crippen molar-refractivity contribution < 1.29 is 14.3 Å². The molecule has 0 bridgehead atoms. The van der Waals surface area contributed by atoms with E-state index in [-0.39, 0.29) is 18.4 Å². The van der Waals surface area contributed by atoms with Gasteiger partial charge in [-0.25, -0.2) is 0 Å². The molecule has 1 heterocycles. The van der Waals surface area contributed by atoms with Crippen molar-refractivity contribution >= 4 is 11.9 Å². The Labute approximate surface area is 89.6 Å². The maximum Gasteiger partial charge on any atom is 0.325 e. The van der Waals surface area contributed by atoms with Crippen LogP contribution in [0.2, 0.25) is 0 Å². The number of carbonyl (C=O) groups excluding carboxylic acids is 2. The lowest BCUT2D eigenvalue weighted by Gasteiger charge is -2.30. The molecular weight excluding hydrogens is 194 g/mol. The molecule has 0 radical (unpaired) electrons. The Balaban J connectivity index is 2.03. The van der Waals surface area contributed by atoms with E-state index in [1.54, 1.807) is 4.90 Å². The molecule has 0 spiro atoms. The summed E-state index contributed by atoms with van der Waals surface area (Å²) in [5, 5.41) is 0. The van der Waals surface area contributed by atoms with E-state index >= 15 is 0 Å². The maximum atomic E-state index is 11.7. The highest BCUT2D eigenvalue weighted by atomic mass is 16.5. The van der Waals surface area contributed by atoms with Crippen LogP contribution in [0.1, 0.15) is 32.1 Å². The Kier molecular flexibility index (Phi) is 2.93. The van der Waals surface area contributed by atoms with Gasteiger partial charge in [-0.15, -0.1) is 0 Å². The number of methoxy groups -OCH3 is 1. The number of likely N-dealkylation sites (tertiary alicyclic amines) is 1. The van der Waals surface area contributed by atoms with Crippen LogP contribution in [0.25, 0.3) is 0 Å². The van der Waals surface area contributed by atoms with Gasteiger partial charge in [0.2, 0.25) is 5.91 Å². The van der Waals surface area contributed by atoms with Gasteiger partial charge in [0.15, 0.2) is 0 Å². The topological polar surface area (TPSA) is 46.6 Å². The maximum absolute atomic E-state index is 11.7. The minimum Gasteiger partial charge on any atom is -0.468 e. The number of carbonyl (C=O) groups is 2. The minimum atomic E-state index is -0.311. The molecule has 0 aromatic rings. The number of hydrogen-bond donors (Lipinski definition) is 0. The van der Waals surface area contributed by atoms with Gasteiger partial charge >= 0.3 is 5.97 Å². The van der Waals surface area contributed by atoms with E-state index in [1.807, 2.05) is 0 Å². The van der Waals surface area contributed by atoms with E-state index in [9.17, 15) is 9.59 Å². The first kappa shape index (κ1) is 10.5. The van der Waals surface area contributed by atoms with Gasteiger partial charge in [-0.1, -0.05) is 12.8 Å². The van der Waals surface area contributed by atoms with Crippen molar-refractivity contribution in [2.45, 2.75) is 38.1 Å². The van der Waals surface area contributed by atoms with E-state index in [1.165, 1.54) is 20.0 Å². The lowest BCUT2D eigenvalue weighted by Crippen LogP contribution is -2.40. The third-order valence-electron chi connectivity index (χ3n) is 3.55. The molecule has 84 valence electrons. The zero-order valence-corrected chi connectivity index (χ0v) is 9.07. The fourth-order valence-electron chi connectivity index (χ4n) is 2.77. The highest BCUT2D eigenvalue weighted by molar-refractivity contribution is 5.84. The summed E-state index contributed by atoms with van der Waals surface area (Å²) < 4.78 is 4.61. The number of amides is 1. The van der Waals surface area contributed by atoms with Gasteiger partial charge in [-0.2, -0.15) is 0 Å². The molecular formula is C11H17NO3. The Morgan fingerprint density at radius 3 is 2.93 bits per heavy atom. The van der Waals surface area contributed by atoms with Crippen LogP contribution in [0.15, 0.2) is 0 Å². The van der Waals surface area contributed by atoms with Gasteiger partial charge in [0.25, 0.3) is 0 Å². The molecule has 4 nitrogen and oxygen atoms in total. The van der Waals surface area contributed by atoms with Crippen molar-refractivity contribution in [3.8, 4) is 0 Å². The van der Waals surface area contributed by atoms with Gasteiger partial charge in [-0.05, 0) is 18.8 Å². The number of hydrogen-bond acceptors (Lipinski definition) is 3. The predicted octanol–water partition coefficient (Wildman–Crippen LogP) is 0.950. The molecule has 1 saturated heterocycles. The third-order valence-corrected chi connectivity index (χ3v) is 3.55. The summed E-state index contributed by atoms with van der Waals surface area (Å²) in [7, 11) is 1.36. The monoisotopic (exact) mass is 211 g/mol. The molecule has 0 aromatic heterocycles. The number of fused-ring (bicyclic) bond motifs is 1. The number of esters is 1. The standard InChI is InChI=1S/C11H17NO3/c1-15-11(14)7-12-9-5-3-2-4-8(9)6-10(12)13/h8-9H,2-7H2,1H3. The largest absolute Gasteiger partial charge is 0.468 e. The molecule has 2 fully saturated rings. The number of ether oxygens (including phenoxy) is 1. The summed E-state index contributed by atoms with van der Waals surface area (Å²) in [4.78, 5) is 24.6. The second-order valence-corrected chi connectivity index (χ2v) is 4.41. The molecule has 2 atom stereocenters. The molecule has 4 heteroatoms. The number of nitrogens with zero attached hydrogens (tertiary/aromatic N) is 1. The molecule has 1 saturated carbocycles. The molecule has 1 aliphatic heterocycles. The molecule has 2 aliphatic rings. The molecule has 15 heavy (non-hydrogen) atoms. The van der Waals surface area contributed by atoms with Crippen molar-refractivity contribution in [1.29, 1.82) is 0 Å². The second-order valence-electron chi connectivity index (χ2n) is 4.41. The molecule has 2 rings (SSSR count). The van der Waals surface area contributed by atoms with E-state index in [4.69, 9.17) is 0 Å². The third kappa shape index (κ3) is 1.98. The summed E-state index contributed by atoms with van der Waals surface area (Å²) in [5.74, 6) is 0.294. The van der Waals surface area contributed by atoms with E-state index in [0.717, 1.165) is 12.8 Å². The fourth-order valence-corrected chi connectivity index (χ4v) is 2.77.